The van der Waals surface area contributed by atoms with E-state index in [2.05, 4.69) is 21.0 Å². The van der Waals surface area contributed by atoms with Gasteiger partial charge in [-0.3, -0.25) is 4.68 Å². The Morgan fingerprint density at radius 3 is 3.00 bits per heavy atom. The molecular formula is C7H9BrN2. The summed E-state index contributed by atoms with van der Waals surface area (Å²) in [6.45, 7) is 0. The highest BCUT2D eigenvalue weighted by atomic mass is 79.9. The molecule has 0 aromatic carbocycles. The zero-order valence-electron chi connectivity index (χ0n) is 5.89. The van der Waals surface area contributed by atoms with Crippen LogP contribution in [0, 0.1) is 0 Å². The SMILES string of the molecule is Cn1nc2c(c1Br)CCC2. The van der Waals surface area contributed by atoms with Crippen LogP contribution in [-0.2, 0) is 19.9 Å². The molecule has 1 aliphatic carbocycles. The topological polar surface area (TPSA) is 17.8 Å². The molecule has 0 atom stereocenters. The van der Waals surface area contributed by atoms with Gasteiger partial charge >= 0.3 is 0 Å². The molecule has 1 heterocycles. The lowest BCUT2D eigenvalue weighted by Crippen LogP contribution is -1.92. The maximum absolute atomic E-state index is 4.36. The van der Waals surface area contributed by atoms with E-state index in [9.17, 15) is 0 Å². The number of hydrogen-bond donors (Lipinski definition) is 0. The predicted molar refractivity (Wildman–Crippen MR) is 42.9 cm³/mol. The van der Waals surface area contributed by atoms with Gasteiger partial charge in [-0.05, 0) is 35.2 Å². The van der Waals surface area contributed by atoms with Crippen LogP contribution in [0.3, 0.4) is 0 Å². The molecule has 0 bridgehead atoms. The number of aromatic nitrogens is 2. The van der Waals surface area contributed by atoms with E-state index in [0.717, 1.165) is 6.42 Å². The summed E-state index contributed by atoms with van der Waals surface area (Å²) in [7, 11) is 1.97. The van der Waals surface area contributed by atoms with Crippen LogP contribution in [0.5, 0.6) is 0 Å². The Morgan fingerprint density at radius 2 is 2.30 bits per heavy atom. The van der Waals surface area contributed by atoms with Crippen molar-refractivity contribution in [2.45, 2.75) is 19.3 Å². The van der Waals surface area contributed by atoms with Gasteiger partial charge in [-0.1, -0.05) is 0 Å². The number of fused-ring (bicyclic) bond motifs is 1. The monoisotopic (exact) mass is 200 g/mol. The van der Waals surface area contributed by atoms with Crippen molar-refractivity contribution in [3.63, 3.8) is 0 Å². The van der Waals surface area contributed by atoms with Crippen molar-refractivity contribution < 1.29 is 0 Å². The third-order valence-electron chi connectivity index (χ3n) is 1.99. The molecule has 0 amide bonds. The maximum Gasteiger partial charge on any atom is 0.107 e. The third kappa shape index (κ3) is 0.732. The van der Waals surface area contributed by atoms with Gasteiger partial charge in [0.1, 0.15) is 4.60 Å². The molecule has 0 spiro atoms. The quantitative estimate of drug-likeness (QED) is 0.624. The fourth-order valence-electron chi connectivity index (χ4n) is 1.48. The summed E-state index contributed by atoms with van der Waals surface area (Å²) in [5, 5.41) is 4.36. The molecule has 54 valence electrons. The molecule has 0 unspecified atom stereocenters. The van der Waals surface area contributed by atoms with Gasteiger partial charge in [-0.2, -0.15) is 5.10 Å². The molecule has 0 N–H and O–H groups in total. The van der Waals surface area contributed by atoms with Crippen molar-refractivity contribution in [2.24, 2.45) is 7.05 Å². The number of aryl methyl sites for hydroxylation is 2. The summed E-state index contributed by atoms with van der Waals surface area (Å²) in [4.78, 5) is 0. The smallest absolute Gasteiger partial charge is 0.107 e. The fraction of sp³-hybridized carbons (Fsp3) is 0.571. The van der Waals surface area contributed by atoms with Crippen molar-refractivity contribution >= 4 is 15.9 Å². The number of nitrogens with zero attached hydrogens (tertiary/aromatic N) is 2. The van der Waals surface area contributed by atoms with E-state index in [1.54, 1.807) is 0 Å². The Bertz CT molecular complexity index is 265. The predicted octanol–water partition coefficient (Wildman–Crippen LogP) is 1.67. The first kappa shape index (κ1) is 6.40. The summed E-state index contributed by atoms with van der Waals surface area (Å²) in [6.07, 6.45) is 3.63. The van der Waals surface area contributed by atoms with Crippen LogP contribution in [0.1, 0.15) is 17.7 Å². The Balaban J connectivity index is 2.59. The first-order valence-corrected chi connectivity index (χ1v) is 4.28. The van der Waals surface area contributed by atoms with E-state index < -0.39 is 0 Å². The second kappa shape index (κ2) is 2.09. The largest absolute Gasteiger partial charge is 0.261 e. The van der Waals surface area contributed by atoms with E-state index in [-0.39, 0.29) is 0 Å². The van der Waals surface area contributed by atoms with E-state index in [0.29, 0.717) is 0 Å². The van der Waals surface area contributed by atoms with Crippen LogP contribution < -0.4 is 0 Å². The molecule has 3 heteroatoms. The van der Waals surface area contributed by atoms with Crippen LogP contribution >= 0.6 is 15.9 Å². The van der Waals surface area contributed by atoms with Crippen LogP contribution in [0.25, 0.3) is 0 Å². The Hall–Kier alpha value is -0.310. The average molecular weight is 201 g/mol. The van der Waals surface area contributed by atoms with Crippen molar-refractivity contribution in [3.8, 4) is 0 Å². The van der Waals surface area contributed by atoms with Crippen molar-refractivity contribution in [3.05, 3.63) is 15.9 Å². The van der Waals surface area contributed by atoms with Crippen LogP contribution in [0.4, 0.5) is 0 Å². The van der Waals surface area contributed by atoms with Crippen molar-refractivity contribution in [2.75, 3.05) is 0 Å². The molecule has 2 rings (SSSR count). The molecule has 0 aliphatic heterocycles. The lowest BCUT2D eigenvalue weighted by atomic mass is 10.3. The van der Waals surface area contributed by atoms with Gasteiger partial charge in [0.25, 0.3) is 0 Å². The molecule has 10 heavy (non-hydrogen) atoms. The number of halogens is 1. The summed E-state index contributed by atoms with van der Waals surface area (Å²) >= 11 is 3.50. The van der Waals surface area contributed by atoms with Gasteiger partial charge in [0, 0.05) is 12.6 Å². The highest BCUT2D eigenvalue weighted by Crippen LogP contribution is 2.27. The Kier molecular flexibility index (Phi) is 1.34. The summed E-state index contributed by atoms with van der Waals surface area (Å²) in [5.41, 5.74) is 2.71. The zero-order valence-corrected chi connectivity index (χ0v) is 7.48. The third-order valence-corrected chi connectivity index (χ3v) is 2.98. The molecule has 0 saturated heterocycles. The van der Waals surface area contributed by atoms with Gasteiger partial charge in [0.2, 0.25) is 0 Å². The van der Waals surface area contributed by atoms with Gasteiger partial charge in [-0.25, -0.2) is 0 Å². The standard InChI is InChI=1S/C7H9BrN2/c1-10-7(8)5-3-2-4-6(5)9-10/h2-4H2,1H3. The Morgan fingerprint density at radius 1 is 1.50 bits per heavy atom. The number of hydrogen-bond acceptors (Lipinski definition) is 1. The van der Waals surface area contributed by atoms with Gasteiger partial charge in [0.05, 0.1) is 5.69 Å². The molecule has 1 aromatic rings. The second-order valence-electron chi connectivity index (χ2n) is 2.69. The molecule has 0 radical (unpaired) electrons. The molecule has 0 saturated carbocycles. The van der Waals surface area contributed by atoms with Gasteiger partial charge < -0.3 is 0 Å². The lowest BCUT2D eigenvalue weighted by molar-refractivity contribution is 0.712. The van der Waals surface area contributed by atoms with E-state index in [4.69, 9.17) is 0 Å². The van der Waals surface area contributed by atoms with Crippen LogP contribution in [0.15, 0.2) is 4.60 Å². The molecule has 2 nitrogen and oxygen atoms in total. The van der Waals surface area contributed by atoms with Crippen LogP contribution in [0.2, 0.25) is 0 Å². The van der Waals surface area contributed by atoms with Crippen molar-refractivity contribution in [1.29, 1.82) is 0 Å². The van der Waals surface area contributed by atoms with Gasteiger partial charge in [0.15, 0.2) is 0 Å². The maximum atomic E-state index is 4.36. The van der Waals surface area contributed by atoms with E-state index in [1.807, 2.05) is 11.7 Å². The molecule has 0 fully saturated rings. The minimum atomic E-state index is 1.16. The molecule has 1 aromatic heterocycles. The first-order chi connectivity index (χ1) is 4.79. The second-order valence-corrected chi connectivity index (χ2v) is 3.44. The van der Waals surface area contributed by atoms with Crippen LogP contribution in [-0.4, -0.2) is 9.78 Å². The normalized spacial score (nSPS) is 15.8. The minimum Gasteiger partial charge on any atom is -0.261 e. The summed E-state index contributed by atoms with van der Waals surface area (Å²) in [5.74, 6) is 0. The molecule has 1 aliphatic rings. The highest BCUT2D eigenvalue weighted by molar-refractivity contribution is 9.10. The summed E-state index contributed by atoms with van der Waals surface area (Å²) < 4.78 is 3.07. The zero-order chi connectivity index (χ0) is 7.14. The fourth-order valence-corrected chi connectivity index (χ4v) is 1.99. The lowest BCUT2D eigenvalue weighted by Gasteiger charge is -1.92. The van der Waals surface area contributed by atoms with E-state index >= 15 is 0 Å². The highest BCUT2D eigenvalue weighted by Gasteiger charge is 2.18. The summed E-state index contributed by atoms with van der Waals surface area (Å²) in [6, 6.07) is 0. The average Bonchev–Trinajstić information content (AvgIpc) is 2.41. The first-order valence-electron chi connectivity index (χ1n) is 3.49. The minimum absolute atomic E-state index is 1.16. The van der Waals surface area contributed by atoms with Crippen molar-refractivity contribution in [1.82, 2.24) is 9.78 Å². The van der Waals surface area contributed by atoms with Gasteiger partial charge in [-0.15, -0.1) is 0 Å². The van der Waals surface area contributed by atoms with E-state index in [1.165, 1.54) is 28.7 Å². The number of rotatable bonds is 0. The Labute approximate surface area is 68.4 Å². The molecular weight excluding hydrogens is 192 g/mol.